The molecule has 0 aliphatic carbocycles. The summed E-state index contributed by atoms with van der Waals surface area (Å²) in [6.07, 6.45) is 3.34. The SMILES string of the molecule is CCCCCC(=O)N(CC(=O)Nc1cc(-c2ccccc2)nn1-c1ccccc1Cl)C(C)C. The monoisotopic (exact) mass is 466 g/mol. The maximum atomic E-state index is 13.0. The third-order valence-corrected chi connectivity index (χ3v) is 5.70. The first-order chi connectivity index (χ1) is 15.9. The molecule has 0 aliphatic rings. The number of aromatic nitrogens is 2. The summed E-state index contributed by atoms with van der Waals surface area (Å²) in [6.45, 7) is 5.93. The normalized spacial score (nSPS) is 10.9. The van der Waals surface area contributed by atoms with E-state index in [-0.39, 0.29) is 24.4 Å². The molecule has 1 heterocycles. The van der Waals surface area contributed by atoms with Gasteiger partial charge in [0, 0.05) is 24.1 Å². The van der Waals surface area contributed by atoms with E-state index < -0.39 is 0 Å². The van der Waals surface area contributed by atoms with Crippen molar-refractivity contribution in [3.63, 3.8) is 0 Å². The molecule has 7 heteroatoms. The summed E-state index contributed by atoms with van der Waals surface area (Å²) < 4.78 is 1.63. The summed E-state index contributed by atoms with van der Waals surface area (Å²) >= 11 is 6.42. The van der Waals surface area contributed by atoms with E-state index in [4.69, 9.17) is 16.7 Å². The lowest BCUT2D eigenvalue weighted by molar-refractivity contribution is -0.136. The van der Waals surface area contributed by atoms with Crippen molar-refractivity contribution in [2.45, 2.75) is 52.5 Å². The van der Waals surface area contributed by atoms with Crippen LogP contribution in [0.2, 0.25) is 5.02 Å². The number of rotatable bonds is 10. The van der Waals surface area contributed by atoms with Gasteiger partial charge in [-0.15, -0.1) is 0 Å². The second kappa shape index (κ2) is 11.7. The van der Waals surface area contributed by atoms with Crippen molar-refractivity contribution in [3.8, 4) is 16.9 Å². The highest BCUT2D eigenvalue weighted by Crippen LogP contribution is 2.28. The lowest BCUT2D eigenvalue weighted by Crippen LogP contribution is -2.42. The highest BCUT2D eigenvalue weighted by atomic mass is 35.5. The van der Waals surface area contributed by atoms with Crippen LogP contribution in [0.1, 0.15) is 46.5 Å². The van der Waals surface area contributed by atoms with Gasteiger partial charge in [0.25, 0.3) is 0 Å². The Kier molecular flexibility index (Phi) is 8.66. The zero-order valence-electron chi connectivity index (χ0n) is 19.4. The van der Waals surface area contributed by atoms with Gasteiger partial charge >= 0.3 is 0 Å². The van der Waals surface area contributed by atoms with Crippen LogP contribution in [0.4, 0.5) is 5.82 Å². The van der Waals surface area contributed by atoms with Gasteiger partial charge in [0.1, 0.15) is 12.4 Å². The van der Waals surface area contributed by atoms with E-state index in [0.29, 0.717) is 28.6 Å². The molecule has 3 aromatic rings. The molecule has 0 atom stereocenters. The molecule has 1 N–H and O–H groups in total. The van der Waals surface area contributed by atoms with E-state index in [9.17, 15) is 9.59 Å². The Morgan fingerprint density at radius 3 is 2.42 bits per heavy atom. The number of nitrogens with one attached hydrogen (secondary N) is 1. The summed E-state index contributed by atoms with van der Waals surface area (Å²) in [4.78, 5) is 27.3. The predicted molar refractivity (Wildman–Crippen MR) is 134 cm³/mol. The quantitative estimate of drug-likeness (QED) is 0.375. The first kappa shape index (κ1) is 24.5. The zero-order valence-corrected chi connectivity index (χ0v) is 20.2. The molecular weight excluding hydrogens is 436 g/mol. The van der Waals surface area contributed by atoms with Gasteiger partial charge in [-0.3, -0.25) is 9.59 Å². The summed E-state index contributed by atoms with van der Waals surface area (Å²) in [5.74, 6) is 0.215. The number of carbonyl (C=O) groups is 2. The molecule has 2 aromatic carbocycles. The number of unbranched alkanes of at least 4 members (excludes halogenated alkanes) is 2. The summed E-state index contributed by atoms with van der Waals surface area (Å²) in [5, 5.41) is 8.16. The average molecular weight is 467 g/mol. The van der Waals surface area contributed by atoms with Crippen LogP contribution in [-0.4, -0.2) is 39.1 Å². The topological polar surface area (TPSA) is 67.2 Å². The maximum Gasteiger partial charge on any atom is 0.245 e. The minimum absolute atomic E-state index is 0.00168. The van der Waals surface area contributed by atoms with Crippen molar-refractivity contribution < 1.29 is 9.59 Å². The van der Waals surface area contributed by atoms with E-state index in [1.165, 1.54) is 0 Å². The van der Waals surface area contributed by atoms with Gasteiger partial charge in [-0.2, -0.15) is 5.10 Å². The Morgan fingerprint density at radius 2 is 1.76 bits per heavy atom. The van der Waals surface area contributed by atoms with Crippen LogP contribution in [0.15, 0.2) is 60.7 Å². The van der Waals surface area contributed by atoms with Crippen molar-refractivity contribution in [1.82, 2.24) is 14.7 Å². The minimum atomic E-state index is -0.277. The molecular formula is C26H31ClN4O2. The fourth-order valence-corrected chi connectivity index (χ4v) is 3.81. The molecule has 3 rings (SSSR count). The number of hydrogen-bond donors (Lipinski definition) is 1. The molecule has 33 heavy (non-hydrogen) atoms. The standard InChI is InChI=1S/C26H31ClN4O2/c1-4-5-7-16-26(33)30(19(2)3)18-25(32)28-24-17-22(20-12-8-6-9-13-20)29-31(24)23-15-11-10-14-21(23)27/h6,8-15,17,19H,4-5,7,16,18H2,1-3H3,(H,28,32). The van der Waals surface area contributed by atoms with Gasteiger partial charge in [0.05, 0.1) is 16.4 Å². The number of halogens is 1. The van der Waals surface area contributed by atoms with Crippen molar-refractivity contribution in [2.75, 3.05) is 11.9 Å². The van der Waals surface area contributed by atoms with E-state index in [0.717, 1.165) is 24.8 Å². The lowest BCUT2D eigenvalue weighted by Gasteiger charge is -2.26. The van der Waals surface area contributed by atoms with Gasteiger partial charge in [0.2, 0.25) is 11.8 Å². The lowest BCUT2D eigenvalue weighted by atomic mass is 10.1. The highest BCUT2D eigenvalue weighted by molar-refractivity contribution is 6.32. The summed E-state index contributed by atoms with van der Waals surface area (Å²) in [7, 11) is 0. The van der Waals surface area contributed by atoms with Crippen LogP contribution >= 0.6 is 11.6 Å². The molecule has 0 fully saturated rings. The Morgan fingerprint density at radius 1 is 1.06 bits per heavy atom. The van der Waals surface area contributed by atoms with Crippen LogP contribution in [0, 0.1) is 0 Å². The minimum Gasteiger partial charge on any atom is -0.331 e. The van der Waals surface area contributed by atoms with Crippen LogP contribution in [-0.2, 0) is 9.59 Å². The van der Waals surface area contributed by atoms with Gasteiger partial charge in [-0.25, -0.2) is 4.68 Å². The number of carbonyl (C=O) groups excluding carboxylic acids is 2. The fourth-order valence-electron chi connectivity index (χ4n) is 3.59. The molecule has 174 valence electrons. The van der Waals surface area contributed by atoms with Crippen molar-refractivity contribution in [1.29, 1.82) is 0 Å². The fraction of sp³-hybridized carbons (Fsp3) is 0.346. The summed E-state index contributed by atoms with van der Waals surface area (Å²) in [5.41, 5.74) is 2.30. The molecule has 1 aromatic heterocycles. The van der Waals surface area contributed by atoms with E-state index in [1.807, 2.05) is 68.4 Å². The third kappa shape index (κ3) is 6.45. The summed E-state index contributed by atoms with van der Waals surface area (Å²) in [6, 6.07) is 18.8. The number of para-hydroxylation sites is 1. The van der Waals surface area contributed by atoms with Crippen LogP contribution in [0.25, 0.3) is 16.9 Å². The first-order valence-electron chi connectivity index (χ1n) is 11.4. The zero-order chi connectivity index (χ0) is 23.8. The van der Waals surface area contributed by atoms with Crippen LogP contribution in [0.5, 0.6) is 0 Å². The second-order valence-electron chi connectivity index (χ2n) is 8.26. The smallest absolute Gasteiger partial charge is 0.245 e. The van der Waals surface area contributed by atoms with Crippen molar-refractivity contribution in [2.24, 2.45) is 0 Å². The molecule has 0 unspecified atom stereocenters. The number of hydrogen-bond acceptors (Lipinski definition) is 3. The van der Waals surface area contributed by atoms with Crippen molar-refractivity contribution in [3.05, 3.63) is 65.7 Å². The molecule has 0 saturated carbocycles. The molecule has 0 saturated heterocycles. The second-order valence-corrected chi connectivity index (χ2v) is 8.67. The molecule has 2 amide bonds. The Labute approximate surface area is 200 Å². The molecule has 6 nitrogen and oxygen atoms in total. The number of benzene rings is 2. The van der Waals surface area contributed by atoms with Crippen LogP contribution in [0.3, 0.4) is 0 Å². The Balaban J connectivity index is 1.85. The maximum absolute atomic E-state index is 13.0. The van der Waals surface area contributed by atoms with Gasteiger partial charge in [-0.1, -0.05) is 73.8 Å². The van der Waals surface area contributed by atoms with E-state index in [1.54, 1.807) is 15.6 Å². The first-order valence-corrected chi connectivity index (χ1v) is 11.8. The molecule has 0 bridgehead atoms. The number of nitrogens with zero attached hydrogens (tertiary/aromatic N) is 3. The third-order valence-electron chi connectivity index (χ3n) is 5.38. The number of anilines is 1. The van der Waals surface area contributed by atoms with Crippen molar-refractivity contribution >= 4 is 29.2 Å². The van der Waals surface area contributed by atoms with Gasteiger partial charge < -0.3 is 10.2 Å². The van der Waals surface area contributed by atoms with Gasteiger partial charge in [0.15, 0.2) is 0 Å². The van der Waals surface area contributed by atoms with E-state index >= 15 is 0 Å². The number of amides is 2. The van der Waals surface area contributed by atoms with Gasteiger partial charge in [-0.05, 0) is 32.4 Å². The largest absolute Gasteiger partial charge is 0.331 e. The van der Waals surface area contributed by atoms with E-state index in [2.05, 4.69) is 12.2 Å². The Bertz CT molecular complexity index is 1080. The predicted octanol–water partition coefficient (Wildman–Crippen LogP) is 5.95. The highest BCUT2D eigenvalue weighted by Gasteiger charge is 2.21. The molecule has 0 spiro atoms. The average Bonchev–Trinajstić information content (AvgIpc) is 3.21. The molecule has 0 radical (unpaired) electrons. The Hall–Kier alpha value is -3.12. The molecule has 0 aliphatic heterocycles. The van der Waals surface area contributed by atoms with Crippen LogP contribution < -0.4 is 5.32 Å².